The number of benzene rings is 2. The van der Waals surface area contributed by atoms with Crippen molar-refractivity contribution in [2.75, 3.05) is 5.32 Å². The van der Waals surface area contributed by atoms with Crippen LogP contribution in [0.15, 0.2) is 59.8 Å². The molecule has 0 spiro atoms. The summed E-state index contributed by atoms with van der Waals surface area (Å²) in [6.07, 6.45) is 1.93. The molecule has 26 heavy (non-hydrogen) atoms. The van der Waals surface area contributed by atoms with Crippen LogP contribution in [-0.2, 0) is 0 Å². The highest BCUT2D eigenvalue weighted by molar-refractivity contribution is 6.31. The van der Waals surface area contributed by atoms with Crippen molar-refractivity contribution >= 4 is 45.5 Å². The molecule has 6 nitrogen and oxygen atoms in total. The van der Waals surface area contributed by atoms with E-state index in [4.69, 9.17) is 23.2 Å². The van der Waals surface area contributed by atoms with Gasteiger partial charge in [-0.3, -0.25) is 0 Å². The number of hydrogen-bond donors (Lipinski definition) is 3. The lowest BCUT2D eigenvalue weighted by atomic mass is 10.1. The molecule has 0 aliphatic rings. The Morgan fingerprint density at radius 2 is 2.00 bits per heavy atom. The van der Waals surface area contributed by atoms with Gasteiger partial charge >= 0.3 is 0 Å². The summed E-state index contributed by atoms with van der Waals surface area (Å²) in [5.41, 5.74) is 9.57. The molecule has 0 aliphatic heterocycles. The minimum Gasteiger partial charge on any atom is -0.382 e. The Kier molecular flexibility index (Phi) is 3.85. The van der Waals surface area contributed by atoms with Crippen LogP contribution in [0.4, 0.5) is 15.9 Å². The lowest BCUT2D eigenvalue weighted by Crippen LogP contribution is -2.15. The van der Waals surface area contributed by atoms with Gasteiger partial charge in [0.2, 0.25) is 0 Å². The predicted molar refractivity (Wildman–Crippen MR) is 102 cm³/mol. The molecule has 0 aliphatic carbocycles. The number of aromatic nitrogens is 2. The summed E-state index contributed by atoms with van der Waals surface area (Å²) >= 11 is 5.86. The van der Waals surface area contributed by atoms with E-state index in [1.807, 2.05) is 40.9 Å². The van der Waals surface area contributed by atoms with E-state index in [-0.39, 0.29) is 10.9 Å². The maximum atomic E-state index is 13.4. The second kappa shape index (κ2) is 6.20. The molecule has 130 valence electrons. The highest BCUT2D eigenvalue weighted by atomic mass is 35.5. The van der Waals surface area contributed by atoms with Crippen LogP contribution < -0.4 is 16.9 Å². The fraction of sp³-hybridized carbons (Fsp3) is 0. The summed E-state index contributed by atoms with van der Waals surface area (Å²) in [7, 11) is 0. The van der Waals surface area contributed by atoms with Crippen molar-refractivity contribution in [3.63, 3.8) is 0 Å². The van der Waals surface area contributed by atoms with E-state index in [9.17, 15) is 4.39 Å². The van der Waals surface area contributed by atoms with E-state index in [0.717, 1.165) is 11.0 Å². The summed E-state index contributed by atoms with van der Waals surface area (Å²) in [6.45, 7) is 0. The SMILES string of the molecule is N/N=C(\N)c1ccc2c(c1)nc(Nc1ccc(F)c(Cl)c1)c1cccn12. The van der Waals surface area contributed by atoms with Gasteiger partial charge in [-0.25, -0.2) is 9.37 Å². The Bertz CT molecular complexity index is 1170. The van der Waals surface area contributed by atoms with Gasteiger partial charge in [0, 0.05) is 17.4 Å². The van der Waals surface area contributed by atoms with E-state index in [2.05, 4.69) is 15.4 Å². The lowest BCUT2D eigenvalue weighted by molar-refractivity contribution is 0.628. The molecular weight excluding hydrogens is 355 g/mol. The number of nitrogens with two attached hydrogens (primary N) is 2. The van der Waals surface area contributed by atoms with E-state index in [0.29, 0.717) is 22.6 Å². The molecular formula is C18H14ClFN6. The zero-order valence-corrected chi connectivity index (χ0v) is 14.2. The highest BCUT2D eigenvalue weighted by Gasteiger charge is 2.11. The molecule has 0 saturated heterocycles. The van der Waals surface area contributed by atoms with Crippen LogP contribution in [0, 0.1) is 5.82 Å². The van der Waals surface area contributed by atoms with Gasteiger partial charge in [0.25, 0.3) is 0 Å². The third-order valence-corrected chi connectivity index (χ3v) is 4.37. The van der Waals surface area contributed by atoms with Gasteiger partial charge in [-0.2, -0.15) is 5.10 Å². The normalized spacial score (nSPS) is 12.0. The molecule has 4 rings (SSSR count). The average Bonchev–Trinajstić information content (AvgIpc) is 3.14. The van der Waals surface area contributed by atoms with Gasteiger partial charge in [-0.15, -0.1) is 0 Å². The maximum absolute atomic E-state index is 13.4. The molecule has 2 heterocycles. The molecule has 8 heteroatoms. The number of anilines is 2. The highest BCUT2D eigenvalue weighted by Crippen LogP contribution is 2.27. The maximum Gasteiger partial charge on any atom is 0.155 e. The Balaban J connectivity index is 1.89. The smallest absolute Gasteiger partial charge is 0.155 e. The molecule has 0 saturated carbocycles. The first-order chi connectivity index (χ1) is 12.6. The van der Waals surface area contributed by atoms with E-state index < -0.39 is 5.82 Å². The molecule has 0 unspecified atom stereocenters. The fourth-order valence-corrected chi connectivity index (χ4v) is 3.00. The first kappa shape index (κ1) is 16.2. The molecule has 2 aromatic carbocycles. The fourth-order valence-electron chi connectivity index (χ4n) is 2.81. The van der Waals surface area contributed by atoms with Gasteiger partial charge in [0.1, 0.15) is 11.7 Å². The van der Waals surface area contributed by atoms with Crippen molar-refractivity contribution < 1.29 is 4.39 Å². The zero-order chi connectivity index (χ0) is 18.3. The van der Waals surface area contributed by atoms with Crippen LogP contribution in [0.3, 0.4) is 0 Å². The summed E-state index contributed by atoms with van der Waals surface area (Å²) < 4.78 is 15.4. The standard InChI is InChI=1S/C18H14ClFN6/c19-12-9-11(4-5-13(12)20)23-18-16-2-1-7-26(16)15-6-3-10(17(21)25-22)8-14(15)24-18/h1-9H,22H2,(H2,21,25)(H,23,24). The third-order valence-electron chi connectivity index (χ3n) is 4.08. The predicted octanol–water partition coefficient (Wildman–Crippen LogP) is 3.60. The topological polar surface area (TPSA) is 93.7 Å². The van der Waals surface area contributed by atoms with Crippen LogP contribution in [0.25, 0.3) is 16.6 Å². The van der Waals surface area contributed by atoms with Crippen molar-refractivity contribution in [2.24, 2.45) is 16.7 Å². The molecule has 0 amide bonds. The first-order valence-corrected chi connectivity index (χ1v) is 8.11. The van der Waals surface area contributed by atoms with Gasteiger partial charge in [-0.05, 0) is 48.5 Å². The zero-order valence-electron chi connectivity index (χ0n) is 13.4. The molecule has 0 radical (unpaired) electrons. The molecule has 4 aromatic rings. The van der Waals surface area contributed by atoms with E-state index >= 15 is 0 Å². The van der Waals surface area contributed by atoms with Crippen molar-refractivity contribution in [3.8, 4) is 0 Å². The second-order valence-corrected chi connectivity index (χ2v) is 6.10. The minimum absolute atomic E-state index is 0.0383. The van der Waals surface area contributed by atoms with Crippen LogP contribution in [0.5, 0.6) is 0 Å². The van der Waals surface area contributed by atoms with Crippen molar-refractivity contribution in [1.29, 1.82) is 0 Å². The van der Waals surface area contributed by atoms with Crippen molar-refractivity contribution in [3.05, 3.63) is 71.1 Å². The van der Waals surface area contributed by atoms with Crippen LogP contribution >= 0.6 is 11.6 Å². The van der Waals surface area contributed by atoms with Crippen LogP contribution in [0.1, 0.15) is 5.56 Å². The summed E-state index contributed by atoms with van der Waals surface area (Å²) in [5, 5.41) is 6.75. The average molecular weight is 369 g/mol. The van der Waals surface area contributed by atoms with Gasteiger partial charge in [0.15, 0.2) is 5.82 Å². The van der Waals surface area contributed by atoms with Gasteiger partial charge in [0.05, 0.1) is 21.6 Å². The Labute approximate surface area is 152 Å². The molecule has 2 aromatic heterocycles. The second-order valence-electron chi connectivity index (χ2n) is 5.70. The van der Waals surface area contributed by atoms with Gasteiger partial charge < -0.3 is 21.3 Å². The van der Waals surface area contributed by atoms with Crippen molar-refractivity contribution in [2.45, 2.75) is 0 Å². The molecule has 0 atom stereocenters. The Hall–Kier alpha value is -3.32. The molecule has 0 fully saturated rings. The summed E-state index contributed by atoms with van der Waals surface area (Å²) in [4.78, 5) is 4.68. The number of halogens is 2. The Morgan fingerprint density at radius 3 is 2.77 bits per heavy atom. The number of hydrogen-bond acceptors (Lipinski definition) is 4. The first-order valence-electron chi connectivity index (χ1n) is 7.73. The molecule has 5 N–H and O–H groups in total. The number of hydrazone groups is 1. The number of nitrogens with zero attached hydrogens (tertiary/aromatic N) is 3. The number of rotatable bonds is 3. The van der Waals surface area contributed by atoms with Gasteiger partial charge in [-0.1, -0.05) is 11.6 Å². The number of nitrogens with one attached hydrogen (secondary N) is 1. The van der Waals surface area contributed by atoms with Crippen molar-refractivity contribution in [1.82, 2.24) is 9.38 Å². The quantitative estimate of drug-likeness (QED) is 0.223. The third kappa shape index (κ3) is 2.68. The minimum atomic E-state index is -0.474. The molecule has 0 bridgehead atoms. The largest absolute Gasteiger partial charge is 0.382 e. The Morgan fingerprint density at radius 1 is 1.15 bits per heavy atom. The van der Waals surface area contributed by atoms with Crippen LogP contribution in [-0.4, -0.2) is 15.2 Å². The number of amidine groups is 1. The monoisotopic (exact) mass is 368 g/mol. The summed E-state index contributed by atoms with van der Waals surface area (Å²) in [5.74, 6) is 5.61. The van der Waals surface area contributed by atoms with E-state index in [1.165, 1.54) is 12.1 Å². The van der Waals surface area contributed by atoms with E-state index in [1.54, 1.807) is 6.07 Å². The summed E-state index contributed by atoms with van der Waals surface area (Å²) in [6, 6.07) is 13.8. The van der Waals surface area contributed by atoms with Crippen LogP contribution in [0.2, 0.25) is 5.02 Å². The lowest BCUT2D eigenvalue weighted by Gasteiger charge is -2.12. The number of fused-ring (bicyclic) bond motifs is 3.